The van der Waals surface area contributed by atoms with Gasteiger partial charge in [0.25, 0.3) is 0 Å². The Kier molecular flexibility index (Phi) is 1.29. The molecule has 2 nitrogen and oxygen atoms in total. The lowest BCUT2D eigenvalue weighted by molar-refractivity contribution is 0.289. The molecule has 1 fully saturated rings. The maximum Gasteiger partial charge on any atom is 0.118 e. The van der Waals surface area contributed by atoms with Gasteiger partial charge in [0.15, 0.2) is 0 Å². The van der Waals surface area contributed by atoms with Crippen molar-refractivity contribution in [1.82, 2.24) is 9.78 Å². The third-order valence-corrected chi connectivity index (χ3v) is 2.07. The summed E-state index contributed by atoms with van der Waals surface area (Å²) in [4.78, 5) is 0. The summed E-state index contributed by atoms with van der Waals surface area (Å²) in [7, 11) is 5.51. The molecule has 0 saturated heterocycles. The fourth-order valence-electron chi connectivity index (χ4n) is 1.20. The Morgan fingerprint density at radius 1 is 1.60 bits per heavy atom. The maximum atomic E-state index is 5.51. The minimum absolute atomic E-state index is 0.636. The summed E-state index contributed by atoms with van der Waals surface area (Å²) in [6.45, 7) is 0. The normalized spacial score (nSPS) is 18.8. The van der Waals surface area contributed by atoms with Gasteiger partial charge in [-0.05, 0) is 19.3 Å². The Labute approximate surface area is 61.6 Å². The van der Waals surface area contributed by atoms with E-state index < -0.39 is 0 Å². The molecule has 0 amide bonds. The number of rotatable bonds is 1. The lowest BCUT2D eigenvalue weighted by Crippen LogP contribution is -2.17. The molecule has 0 spiro atoms. The molecular weight excluding hydrogens is 123 g/mol. The van der Waals surface area contributed by atoms with E-state index in [0.717, 1.165) is 5.46 Å². The van der Waals surface area contributed by atoms with Crippen molar-refractivity contribution < 1.29 is 0 Å². The number of hydrogen-bond donors (Lipinski definition) is 0. The first kappa shape index (κ1) is 6.02. The van der Waals surface area contributed by atoms with E-state index in [1.807, 2.05) is 10.9 Å². The third-order valence-electron chi connectivity index (χ3n) is 2.07. The van der Waals surface area contributed by atoms with Crippen LogP contribution >= 0.6 is 0 Å². The second kappa shape index (κ2) is 2.15. The molecule has 3 heteroatoms. The van der Waals surface area contributed by atoms with Crippen LogP contribution in [-0.4, -0.2) is 17.6 Å². The van der Waals surface area contributed by atoms with Crippen LogP contribution in [0.2, 0.25) is 0 Å². The largest absolute Gasteiger partial charge is 0.270 e. The SMILES string of the molecule is [B]c1cnn(C2CCC2)c1. The summed E-state index contributed by atoms with van der Waals surface area (Å²) < 4.78 is 1.97. The van der Waals surface area contributed by atoms with Gasteiger partial charge in [-0.2, -0.15) is 5.10 Å². The van der Waals surface area contributed by atoms with E-state index in [0.29, 0.717) is 6.04 Å². The Morgan fingerprint density at radius 3 is 2.80 bits per heavy atom. The van der Waals surface area contributed by atoms with Crippen LogP contribution in [0, 0.1) is 0 Å². The highest BCUT2D eigenvalue weighted by Gasteiger charge is 2.19. The van der Waals surface area contributed by atoms with Crippen LogP contribution in [0.15, 0.2) is 12.4 Å². The topological polar surface area (TPSA) is 17.8 Å². The average molecular weight is 132 g/mol. The first-order valence-electron chi connectivity index (χ1n) is 3.66. The van der Waals surface area contributed by atoms with Crippen LogP contribution in [0.4, 0.5) is 0 Å². The van der Waals surface area contributed by atoms with Gasteiger partial charge in [-0.15, -0.1) is 0 Å². The molecule has 0 aromatic carbocycles. The third kappa shape index (κ3) is 0.858. The van der Waals surface area contributed by atoms with E-state index >= 15 is 0 Å². The zero-order valence-electron chi connectivity index (χ0n) is 5.83. The quantitative estimate of drug-likeness (QED) is 0.505. The summed E-state index contributed by atoms with van der Waals surface area (Å²) in [5, 5.41) is 4.13. The molecule has 1 heterocycles. The summed E-state index contributed by atoms with van der Waals surface area (Å²) in [6, 6.07) is 0.636. The van der Waals surface area contributed by atoms with Gasteiger partial charge in [0.1, 0.15) is 7.85 Å². The zero-order valence-corrected chi connectivity index (χ0v) is 5.83. The van der Waals surface area contributed by atoms with Gasteiger partial charge in [-0.1, -0.05) is 5.46 Å². The van der Waals surface area contributed by atoms with Crippen molar-refractivity contribution in [2.45, 2.75) is 25.3 Å². The first-order chi connectivity index (χ1) is 4.86. The van der Waals surface area contributed by atoms with Gasteiger partial charge in [-0.25, -0.2) is 0 Å². The van der Waals surface area contributed by atoms with Crippen molar-refractivity contribution in [2.75, 3.05) is 0 Å². The minimum atomic E-state index is 0.636. The van der Waals surface area contributed by atoms with Gasteiger partial charge in [0, 0.05) is 12.4 Å². The lowest BCUT2D eigenvalue weighted by atomic mass is 9.93. The fourth-order valence-corrected chi connectivity index (χ4v) is 1.20. The summed E-state index contributed by atoms with van der Waals surface area (Å²) >= 11 is 0. The lowest BCUT2D eigenvalue weighted by Gasteiger charge is -2.25. The van der Waals surface area contributed by atoms with E-state index in [-0.39, 0.29) is 0 Å². The molecule has 1 saturated carbocycles. The molecule has 0 aliphatic heterocycles. The van der Waals surface area contributed by atoms with Crippen molar-refractivity contribution in [1.29, 1.82) is 0 Å². The predicted molar refractivity (Wildman–Crippen MR) is 40.5 cm³/mol. The number of aromatic nitrogens is 2. The van der Waals surface area contributed by atoms with Crippen molar-refractivity contribution in [3.63, 3.8) is 0 Å². The van der Waals surface area contributed by atoms with Gasteiger partial charge in [0.2, 0.25) is 0 Å². The fraction of sp³-hybridized carbons (Fsp3) is 0.571. The molecule has 0 atom stereocenters. The Morgan fingerprint density at radius 2 is 2.40 bits per heavy atom. The van der Waals surface area contributed by atoms with Crippen LogP contribution in [0.1, 0.15) is 25.3 Å². The molecule has 0 unspecified atom stereocenters. The number of hydrogen-bond acceptors (Lipinski definition) is 1. The van der Waals surface area contributed by atoms with E-state index in [1.54, 1.807) is 6.20 Å². The van der Waals surface area contributed by atoms with Crippen molar-refractivity contribution in [3.8, 4) is 0 Å². The monoisotopic (exact) mass is 132 g/mol. The van der Waals surface area contributed by atoms with Gasteiger partial charge >= 0.3 is 0 Å². The molecular formula is C7H9BN2. The van der Waals surface area contributed by atoms with E-state index in [9.17, 15) is 0 Å². The van der Waals surface area contributed by atoms with Crippen LogP contribution in [0.3, 0.4) is 0 Å². The average Bonchev–Trinajstić information content (AvgIpc) is 2.10. The van der Waals surface area contributed by atoms with Crippen LogP contribution in [0.5, 0.6) is 0 Å². The standard InChI is InChI=1S/C7H9BN2/c8-6-4-9-10(5-6)7-2-1-3-7/h4-5,7H,1-3H2. The van der Waals surface area contributed by atoms with E-state index in [1.165, 1.54) is 19.3 Å². The molecule has 2 radical (unpaired) electrons. The highest BCUT2D eigenvalue weighted by atomic mass is 15.3. The second-order valence-electron chi connectivity index (χ2n) is 2.84. The zero-order chi connectivity index (χ0) is 6.97. The van der Waals surface area contributed by atoms with Crippen LogP contribution in [0.25, 0.3) is 0 Å². The molecule has 0 bridgehead atoms. The first-order valence-corrected chi connectivity index (χ1v) is 3.66. The Balaban J connectivity index is 2.17. The molecule has 1 aromatic heterocycles. The Bertz CT molecular complexity index is 227. The van der Waals surface area contributed by atoms with Gasteiger partial charge < -0.3 is 0 Å². The smallest absolute Gasteiger partial charge is 0.118 e. The van der Waals surface area contributed by atoms with Crippen LogP contribution in [-0.2, 0) is 0 Å². The van der Waals surface area contributed by atoms with E-state index in [2.05, 4.69) is 5.10 Å². The molecule has 1 aliphatic carbocycles. The summed E-state index contributed by atoms with van der Waals surface area (Å²) in [5.41, 5.74) is 0.770. The molecule has 10 heavy (non-hydrogen) atoms. The van der Waals surface area contributed by atoms with Crippen molar-refractivity contribution >= 4 is 13.3 Å². The predicted octanol–water partition coefficient (Wildman–Crippen LogP) is 0.402. The van der Waals surface area contributed by atoms with Crippen molar-refractivity contribution in [3.05, 3.63) is 12.4 Å². The highest BCUT2D eigenvalue weighted by Crippen LogP contribution is 2.29. The molecule has 0 N–H and O–H groups in total. The molecule has 1 aliphatic rings. The molecule has 1 aromatic rings. The van der Waals surface area contributed by atoms with Crippen molar-refractivity contribution in [2.24, 2.45) is 0 Å². The minimum Gasteiger partial charge on any atom is -0.270 e. The molecule has 50 valence electrons. The second-order valence-corrected chi connectivity index (χ2v) is 2.84. The van der Waals surface area contributed by atoms with Crippen LogP contribution < -0.4 is 5.46 Å². The number of nitrogens with zero attached hydrogens (tertiary/aromatic N) is 2. The maximum absolute atomic E-state index is 5.51. The summed E-state index contributed by atoms with van der Waals surface area (Å²) in [5.74, 6) is 0. The van der Waals surface area contributed by atoms with E-state index in [4.69, 9.17) is 7.85 Å². The van der Waals surface area contributed by atoms with Gasteiger partial charge in [0.05, 0.1) is 6.04 Å². The Hall–Kier alpha value is -0.725. The molecule has 2 rings (SSSR count). The van der Waals surface area contributed by atoms with Gasteiger partial charge in [-0.3, -0.25) is 4.68 Å². The highest BCUT2D eigenvalue weighted by molar-refractivity contribution is 6.31. The summed E-state index contributed by atoms with van der Waals surface area (Å²) in [6.07, 6.45) is 7.48.